The number of hydrogen-bond acceptors (Lipinski definition) is 6. The smallest absolute Gasteiger partial charge is 0.254 e. The van der Waals surface area contributed by atoms with E-state index in [9.17, 15) is 14.9 Å². The largest absolute Gasteiger partial charge is 0.468 e. The molecule has 0 saturated heterocycles. The van der Waals surface area contributed by atoms with Crippen molar-refractivity contribution in [3.63, 3.8) is 0 Å². The standard InChI is InChI=1S/C27H23ClN4O3S/c1-16-10-11-19(13-21(16)28)31-23(33)15-36-27-20(14-29)25(22-9-6-12-35-22)24(17(2)30-27)26(34)32-18-7-4-3-5-8-18/h3-13,25,30H,15H2,1-2H3,(H,31,33)(H,32,34)/t25-/m0/s1. The van der Waals surface area contributed by atoms with Crippen LogP contribution in [0.1, 0.15) is 24.2 Å². The molecule has 3 aromatic rings. The van der Waals surface area contributed by atoms with Crippen molar-refractivity contribution in [2.45, 2.75) is 19.8 Å². The first-order valence-electron chi connectivity index (χ1n) is 11.1. The van der Waals surface area contributed by atoms with Crippen LogP contribution in [-0.4, -0.2) is 17.6 Å². The summed E-state index contributed by atoms with van der Waals surface area (Å²) in [6, 6.07) is 20.0. The molecular formula is C27H23ClN4O3S. The summed E-state index contributed by atoms with van der Waals surface area (Å²) in [6.45, 7) is 3.65. The number of aryl methyl sites for hydroxylation is 1. The number of carbonyl (C=O) groups excluding carboxylic acids is 2. The SMILES string of the molecule is CC1=C(C(=O)Nc2ccccc2)[C@H](c2ccco2)C(C#N)=C(SCC(=O)Nc2ccc(C)c(Cl)c2)N1. The number of allylic oxidation sites excluding steroid dienone is 2. The Morgan fingerprint density at radius 3 is 2.53 bits per heavy atom. The van der Waals surface area contributed by atoms with Crippen molar-refractivity contribution in [1.29, 1.82) is 5.26 Å². The normalized spacial score (nSPS) is 15.2. The van der Waals surface area contributed by atoms with Gasteiger partial charge in [0.05, 0.1) is 40.2 Å². The van der Waals surface area contributed by atoms with Crippen molar-refractivity contribution in [2.75, 3.05) is 16.4 Å². The molecule has 9 heteroatoms. The first-order chi connectivity index (χ1) is 17.4. The van der Waals surface area contributed by atoms with Crippen LogP contribution >= 0.6 is 23.4 Å². The van der Waals surface area contributed by atoms with Gasteiger partial charge < -0.3 is 20.4 Å². The second-order valence-electron chi connectivity index (χ2n) is 8.09. The third kappa shape index (κ3) is 5.65. The Hall–Kier alpha value is -3.93. The van der Waals surface area contributed by atoms with E-state index in [1.165, 1.54) is 18.0 Å². The van der Waals surface area contributed by atoms with E-state index in [1.54, 1.807) is 43.3 Å². The van der Waals surface area contributed by atoms with Crippen molar-refractivity contribution in [3.05, 3.63) is 105 Å². The van der Waals surface area contributed by atoms with Gasteiger partial charge in [0.25, 0.3) is 5.91 Å². The number of amides is 2. The summed E-state index contributed by atoms with van der Waals surface area (Å²) >= 11 is 7.33. The summed E-state index contributed by atoms with van der Waals surface area (Å²) in [6.07, 6.45) is 1.50. The number of thioether (sulfide) groups is 1. The molecule has 2 heterocycles. The molecule has 4 rings (SSSR count). The van der Waals surface area contributed by atoms with Gasteiger partial charge >= 0.3 is 0 Å². The van der Waals surface area contributed by atoms with Crippen molar-refractivity contribution in [1.82, 2.24) is 5.32 Å². The molecule has 1 aromatic heterocycles. The minimum absolute atomic E-state index is 0.0444. The number of benzene rings is 2. The van der Waals surface area contributed by atoms with Crippen LogP contribution < -0.4 is 16.0 Å². The second kappa shape index (κ2) is 11.2. The van der Waals surface area contributed by atoms with Crippen LogP contribution in [0.3, 0.4) is 0 Å². The molecule has 36 heavy (non-hydrogen) atoms. The summed E-state index contributed by atoms with van der Waals surface area (Å²) in [4.78, 5) is 25.9. The van der Waals surface area contributed by atoms with Gasteiger partial charge in [0.1, 0.15) is 5.76 Å². The molecule has 2 amide bonds. The summed E-state index contributed by atoms with van der Waals surface area (Å²) < 4.78 is 5.63. The van der Waals surface area contributed by atoms with Crippen LogP contribution in [0.25, 0.3) is 0 Å². The average molecular weight is 519 g/mol. The van der Waals surface area contributed by atoms with Gasteiger partial charge in [-0.3, -0.25) is 9.59 Å². The fourth-order valence-corrected chi connectivity index (χ4v) is 4.87. The monoisotopic (exact) mass is 518 g/mol. The van der Waals surface area contributed by atoms with E-state index in [4.69, 9.17) is 16.0 Å². The molecule has 1 atom stereocenters. The highest BCUT2D eigenvalue weighted by atomic mass is 35.5. The van der Waals surface area contributed by atoms with Gasteiger partial charge in [0.2, 0.25) is 5.91 Å². The fourth-order valence-electron chi connectivity index (χ4n) is 3.79. The molecule has 0 saturated carbocycles. The van der Waals surface area contributed by atoms with E-state index in [-0.39, 0.29) is 17.6 Å². The number of dihydropyridines is 1. The topological polar surface area (TPSA) is 107 Å². The number of rotatable bonds is 7. The van der Waals surface area contributed by atoms with Crippen molar-refractivity contribution < 1.29 is 14.0 Å². The molecule has 2 aromatic carbocycles. The van der Waals surface area contributed by atoms with Gasteiger partial charge in [-0.2, -0.15) is 5.26 Å². The molecule has 7 nitrogen and oxygen atoms in total. The van der Waals surface area contributed by atoms with E-state index < -0.39 is 5.92 Å². The predicted octanol–water partition coefficient (Wildman–Crippen LogP) is 5.95. The average Bonchev–Trinajstić information content (AvgIpc) is 3.40. The highest BCUT2D eigenvalue weighted by Crippen LogP contribution is 2.41. The summed E-state index contributed by atoms with van der Waals surface area (Å²) in [7, 11) is 0. The van der Waals surface area contributed by atoms with E-state index in [2.05, 4.69) is 22.0 Å². The molecular weight excluding hydrogens is 496 g/mol. The molecule has 0 fully saturated rings. The Labute approximate surface area is 218 Å². The zero-order valence-electron chi connectivity index (χ0n) is 19.6. The Morgan fingerprint density at radius 1 is 1.08 bits per heavy atom. The first-order valence-corrected chi connectivity index (χ1v) is 12.4. The summed E-state index contributed by atoms with van der Waals surface area (Å²) in [5.74, 6) is -0.824. The summed E-state index contributed by atoms with van der Waals surface area (Å²) in [5.41, 5.74) is 3.37. The number of para-hydroxylation sites is 1. The highest BCUT2D eigenvalue weighted by Gasteiger charge is 2.36. The number of anilines is 2. The van der Waals surface area contributed by atoms with Crippen LogP contribution in [-0.2, 0) is 9.59 Å². The van der Waals surface area contributed by atoms with Gasteiger partial charge in [-0.15, -0.1) is 0 Å². The number of furan rings is 1. The number of nitriles is 1. The Balaban J connectivity index is 1.57. The molecule has 0 unspecified atom stereocenters. The minimum atomic E-state index is -0.726. The number of nitrogens with one attached hydrogen (secondary N) is 3. The van der Waals surface area contributed by atoms with Crippen LogP contribution in [0.5, 0.6) is 0 Å². The van der Waals surface area contributed by atoms with E-state index in [0.29, 0.717) is 44.0 Å². The molecule has 182 valence electrons. The minimum Gasteiger partial charge on any atom is -0.468 e. The quantitative estimate of drug-likeness (QED) is 0.357. The maximum Gasteiger partial charge on any atom is 0.254 e. The highest BCUT2D eigenvalue weighted by molar-refractivity contribution is 8.03. The van der Waals surface area contributed by atoms with Crippen LogP contribution in [0, 0.1) is 18.3 Å². The zero-order valence-corrected chi connectivity index (χ0v) is 21.2. The molecule has 1 aliphatic rings. The molecule has 0 bridgehead atoms. The lowest BCUT2D eigenvalue weighted by Crippen LogP contribution is -2.31. The maximum absolute atomic E-state index is 13.3. The number of carbonyl (C=O) groups is 2. The molecule has 0 radical (unpaired) electrons. The number of halogens is 1. The van der Waals surface area contributed by atoms with Crippen LogP contribution in [0.2, 0.25) is 5.02 Å². The number of hydrogen-bond donors (Lipinski definition) is 3. The van der Waals surface area contributed by atoms with E-state index in [1.807, 2.05) is 31.2 Å². The first kappa shape index (κ1) is 25.2. The lowest BCUT2D eigenvalue weighted by atomic mass is 9.85. The van der Waals surface area contributed by atoms with Gasteiger partial charge in [-0.05, 0) is 55.8 Å². The van der Waals surface area contributed by atoms with E-state index >= 15 is 0 Å². The van der Waals surface area contributed by atoms with Crippen molar-refractivity contribution in [3.8, 4) is 6.07 Å². The van der Waals surface area contributed by atoms with Gasteiger partial charge in [0, 0.05) is 22.1 Å². The van der Waals surface area contributed by atoms with Crippen LogP contribution in [0.15, 0.2) is 93.2 Å². The fraction of sp³-hybridized carbons (Fsp3) is 0.148. The molecule has 0 spiro atoms. The Morgan fingerprint density at radius 2 is 1.86 bits per heavy atom. The Kier molecular flexibility index (Phi) is 7.84. The second-order valence-corrected chi connectivity index (χ2v) is 9.48. The lowest BCUT2D eigenvalue weighted by Gasteiger charge is -2.28. The lowest BCUT2D eigenvalue weighted by molar-refractivity contribution is -0.114. The van der Waals surface area contributed by atoms with Gasteiger partial charge in [-0.1, -0.05) is 47.6 Å². The maximum atomic E-state index is 13.3. The van der Waals surface area contributed by atoms with Crippen LogP contribution in [0.4, 0.5) is 11.4 Å². The van der Waals surface area contributed by atoms with Crippen molar-refractivity contribution >= 4 is 46.6 Å². The van der Waals surface area contributed by atoms with Gasteiger partial charge in [-0.25, -0.2) is 0 Å². The van der Waals surface area contributed by atoms with Crippen molar-refractivity contribution in [2.24, 2.45) is 0 Å². The zero-order chi connectivity index (χ0) is 25.7. The molecule has 1 aliphatic heterocycles. The third-order valence-electron chi connectivity index (χ3n) is 5.55. The third-order valence-corrected chi connectivity index (χ3v) is 6.98. The number of nitrogens with zero attached hydrogens (tertiary/aromatic N) is 1. The summed E-state index contributed by atoms with van der Waals surface area (Å²) in [5, 5.41) is 20.0. The predicted molar refractivity (Wildman–Crippen MR) is 142 cm³/mol. The van der Waals surface area contributed by atoms with E-state index in [0.717, 1.165) is 5.56 Å². The molecule has 0 aliphatic carbocycles. The van der Waals surface area contributed by atoms with Gasteiger partial charge in [0.15, 0.2) is 0 Å². The molecule has 3 N–H and O–H groups in total. The Bertz CT molecular complexity index is 1390.